The molecule has 6 nitrogen and oxygen atoms in total. The van der Waals surface area contributed by atoms with Crippen molar-refractivity contribution in [2.75, 3.05) is 12.3 Å². The Hall–Kier alpha value is -2.15. The van der Waals surface area contributed by atoms with Gasteiger partial charge in [-0.25, -0.2) is 4.98 Å². The molecule has 2 amide bonds. The van der Waals surface area contributed by atoms with Crippen molar-refractivity contribution in [3.8, 4) is 0 Å². The van der Waals surface area contributed by atoms with Crippen LogP contribution in [-0.4, -0.2) is 38.6 Å². The largest absolute Gasteiger partial charge is 0.287 e. The van der Waals surface area contributed by atoms with Crippen LogP contribution in [0.25, 0.3) is 10.9 Å². The number of likely N-dealkylation sites (tertiary alicyclic amines) is 1. The summed E-state index contributed by atoms with van der Waals surface area (Å²) in [7, 11) is 0. The number of carbonyl (C=O) groups excluding carboxylic acids is 2. The lowest BCUT2D eigenvalue weighted by atomic mass is 10.2. The zero-order valence-corrected chi connectivity index (χ0v) is 14.3. The highest BCUT2D eigenvalue weighted by molar-refractivity contribution is 7.99. The fourth-order valence-corrected chi connectivity index (χ4v) is 3.73. The molecule has 1 aromatic carbocycles. The number of benzene rings is 1. The fourth-order valence-electron chi connectivity index (χ4n) is 2.78. The van der Waals surface area contributed by atoms with Crippen molar-refractivity contribution in [1.82, 2.24) is 14.5 Å². The van der Waals surface area contributed by atoms with Gasteiger partial charge in [0.2, 0.25) is 11.8 Å². The minimum Gasteiger partial charge on any atom is -0.287 e. The summed E-state index contributed by atoms with van der Waals surface area (Å²) in [5, 5.41) is 1.25. The summed E-state index contributed by atoms with van der Waals surface area (Å²) >= 11 is 1.41. The number of aromatic nitrogens is 2. The molecular formula is C17H19N3O3S. The fraction of sp³-hybridized carbons (Fsp3) is 0.412. The van der Waals surface area contributed by atoms with E-state index in [1.54, 1.807) is 10.6 Å². The van der Waals surface area contributed by atoms with Crippen LogP contribution in [-0.2, 0) is 16.1 Å². The molecular weight excluding hydrogens is 326 g/mol. The van der Waals surface area contributed by atoms with E-state index < -0.39 is 0 Å². The van der Waals surface area contributed by atoms with Gasteiger partial charge in [-0.1, -0.05) is 30.8 Å². The third-order valence-corrected chi connectivity index (χ3v) is 4.93. The van der Waals surface area contributed by atoms with Gasteiger partial charge in [-0.3, -0.25) is 23.9 Å². The lowest BCUT2D eigenvalue weighted by Gasteiger charge is -2.15. The van der Waals surface area contributed by atoms with Crippen LogP contribution in [0.1, 0.15) is 26.2 Å². The van der Waals surface area contributed by atoms with Crippen molar-refractivity contribution in [1.29, 1.82) is 0 Å². The van der Waals surface area contributed by atoms with Crippen LogP contribution in [0.3, 0.4) is 0 Å². The van der Waals surface area contributed by atoms with Crippen LogP contribution < -0.4 is 5.56 Å². The number of carbonyl (C=O) groups is 2. The smallest absolute Gasteiger partial charge is 0.262 e. The molecule has 0 bridgehead atoms. The molecule has 24 heavy (non-hydrogen) atoms. The number of hydrogen-bond donors (Lipinski definition) is 0. The summed E-state index contributed by atoms with van der Waals surface area (Å²) in [6.07, 6.45) is 1.44. The minimum absolute atomic E-state index is 0.0433. The number of imide groups is 1. The van der Waals surface area contributed by atoms with Crippen LogP contribution in [0, 0.1) is 0 Å². The van der Waals surface area contributed by atoms with Gasteiger partial charge in [-0.2, -0.15) is 0 Å². The third kappa shape index (κ3) is 3.21. The van der Waals surface area contributed by atoms with E-state index in [9.17, 15) is 14.4 Å². The molecule has 0 spiro atoms. The number of thioether (sulfide) groups is 1. The molecule has 0 saturated carbocycles. The molecule has 0 unspecified atom stereocenters. The second kappa shape index (κ2) is 7.17. The first-order valence-electron chi connectivity index (χ1n) is 8.07. The van der Waals surface area contributed by atoms with Gasteiger partial charge in [0.05, 0.1) is 10.9 Å². The molecule has 0 aliphatic carbocycles. The highest BCUT2D eigenvalue weighted by Crippen LogP contribution is 2.20. The monoisotopic (exact) mass is 345 g/mol. The maximum Gasteiger partial charge on any atom is 0.262 e. The third-order valence-electron chi connectivity index (χ3n) is 3.97. The molecule has 126 valence electrons. The first-order valence-corrected chi connectivity index (χ1v) is 9.06. The highest BCUT2D eigenvalue weighted by atomic mass is 32.2. The Labute approximate surface area is 143 Å². The molecule has 2 aromatic rings. The zero-order valence-electron chi connectivity index (χ0n) is 13.5. The highest BCUT2D eigenvalue weighted by Gasteiger charge is 2.28. The first kappa shape index (κ1) is 16.7. The van der Waals surface area contributed by atoms with E-state index in [0.717, 1.165) is 6.42 Å². The maximum atomic E-state index is 12.7. The van der Waals surface area contributed by atoms with Crippen molar-refractivity contribution >= 4 is 34.5 Å². The number of fused-ring (bicyclic) bond motifs is 1. The Morgan fingerprint density at radius 2 is 1.79 bits per heavy atom. The molecule has 2 heterocycles. The maximum absolute atomic E-state index is 12.7. The SMILES string of the molecule is CCCn1c(SCCN2C(=O)CCC2=O)nc2ccccc2c1=O. The van der Waals surface area contributed by atoms with Crippen LogP contribution in [0.2, 0.25) is 0 Å². The molecule has 0 N–H and O–H groups in total. The molecule has 1 saturated heterocycles. The van der Waals surface area contributed by atoms with E-state index >= 15 is 0 Å². The van der Waals surface area contributed by atoms with Gasteiger partial charge in [0.15, 0.2) is 5.16 Å². The van der Waals surface area contributed by atoms with E-state index in [1.165, 1.54) is 16.7 Å². The van der Waals surface area contributed by atoms with Crippen molar-refractivity contribution in [3.63, 3.8) is 0 Å². The Morgan fingerprint density at radius 1 is 1.08 bits per heavy atom. The Balaban J connectivity index is 1.82. The summed E-state index contributed by atoms with van der Waals surface area (Å²) < 4.78 is 1.68. The Kier molecular flexibility index (Phi) is 4.99. The minimum atomic E-state index is -0.113. The van der Waals surface area contributed by atoms with Crippen molar-refractivity contribution in [3.05, 3.63) is 34.6 Å². The second-order valence-electron chi connectivity index (χ2n) is 5.66. The van der Waals surface area contributed by atoms with Gasteiger partial charge in [-0.05, 0) is 18.6 Å². The molecule has 1 aromatic heterocycles. The molecule has 0 atom stereocenters. The second-order valence-corrected chi connectivity index (χ2v) is 6.72. The van der Waals surface area contributed by atoms with Gasteiger partial charge in [0, 0.05) is 31.7 Å². The van der Waals surface area contributed by atoms with Gasteiger partial charge in [-0.15, -0.1) is 0 Å². The van der Waals surface area contributed by atoms with Crippen LogP contribution >= 0.6 is 11.8 Å². The van der Waals surface area contributed by atoms with E-state index in [1.807, 2.05) is 25.1 Å². The summed E-state index contributed by atoms with van der Waals surface area (Å²) in [4.78, 5) is 41.9. The molecule has 1 fully saturated rings. The number of amides is 2. The molecule has 3 rings (SSSR count). The summed E-state index contributed by atoms with van der Waals surface area (Å²) in [6, 6.07) is 7.30. The van der Waals surface area contributed by atoms with Crippen LogP contribution in [0.5, 0.6) is 0 Å². The van der Waals surface area contributed by atoms with Gasteiger partial charge in [0.1, 0.15) is 0 Å². The normalized spacial score (nSPS) is 14.8. The van der Waals surface area contributed by atoms with E-state index in [0.29, 0.717) is 47.7 Å². The van der Waals surface area contributed by atoms with Crippen LogP contribution in [0.15, 0.2) is 34.2 Å². The summed E-state index contributed by atoms with van der Waals surface area (Å²) in [5.41, 5.74) is 0.629. The predicted molar refractivity (Wildman–Crippen MR) is 93.0 cm³/mol. The molecule has 7 heteroatoms. The lowest BCUT2D eigenvalue weighted by molar-refractivity contribution is -0.137. The molecule has 0 radical (unpaired) electrons. The number of para-hydroxylation sites is 1. The summed E-state index contributed by atoms with van der Waals surface area (Å²) in [6.45, 7) is 2.97. The van der Waals surface area contributed by atoms with E-state index in [-0.39, 0.29) is 17.4 Å². The van der Waals surface area contributed by atoms with Crippen molar-refractivity contribution in [2.45, 2.75) is 37.9 Å². The number of hydrogen-bond acceptors (Lipinski definition) is 5. The van der Waals surface area contributed by atoms with E-state index in [4.69, 9.17) is 0 Å². The topological polar surface area (TPSA) is 72.3 Å². The Bertz CT molecular complexity index is 831. The van der Waals surface area contributed by atoms with Crippen molar-refractivity contribution in [2.24, 2.45) is 0 Å². The number of rotatable bonds is 6. The first-order chi connectivity index (χ1) is 11.6. The van der Waals surface area contributed by atoms with Crippen molar-refractivity contribution < 1.29 is 9.59 Å². The van der Waals surface area contributed by atoms with Gasteiger partial charge < -0.3 is 0 Å². The molecule has 1 aliphatic heterocycles. The van der Waals surface area contributed by atoms with Gasteiger partial charge >= 0.3 is 0 Å². The lowest BCUT2D eigenvalue weighted by Crippen LogP contribution is -2.31. The average Bonchev–Trinajstić information content (AvgIpc) is 2.90. The number of nitrogens with zero attached hydrogens (tertiary/aromatic N) is 3. The van der Waals surface area contributed by atoms with Gasteiger partial charge in [0.25, 0.3) is 5.56 Å². The van der Waals surface area contributed by atoms with Crippen LogP contribution in [0.4, 0.5) is 0 Å². The van der Waals surface area contributed by atoms with E-state index in [2.05, 4.69) is 4.98 Å². The Morgan fingerprint density at radius 3 is 2.50 bits per heavy atom. The quantitative estimate of drug-likeness (QED) is 0.455. The molecule has 1 aliphatic rings. The average molecular weight is 345 g/mol. The summed E-state index contributed by atoms with van der Waals surface area (Å²) in [5.74, 6) is 0.308. The zero-order chi connectivity index (χ0) is 17.1. The predicted octanol–water partition coefficient (Wildman–Crippen LogP) is 2.05. The standard InChI is InChI=1S/C17H19N3O3S/c1-2-9-20-16(23)12-5-3-4-6-13(12)18-17(20)24-11-10-19-14(21)7-8-15(19)22/h3-6H,2,7-11H2,1H3.